The summed E-state index contributed by atoms with van der Waals surface area (Å²) < 4.78 is 6.02. The van der Waals surface area contributed by atoms with Gasteiger partial charge in [-0.2, -0.15) is 0 Å². The predicted octanol–water partition coefficient (Wildman–Crippen LogP) is 4.56. The van der Waals surface area contributed by atoms with Gasteiger partial charge in [0.05, 0.1) is 0 Å². The molecule has 1 aromatic heterocycles. The van der Waals surface area contributed by atoms with Crippen molar-refractivity contribution in [3.63, 3.8) is 0 Å². The molecule has 1 aromatic carbocycles. The first-order valence-electron chi connectivity index (χ1n) is 7.27. The third kappa shape index (κ3) is 3.84. The number of aryl methyl sites for hydroxylation is 1. The molecule has 2 nitrogen and oxygen atoms in total. The van der Waals surface area contributed by atoms with Crippen molar-refractivity contribution in [2.24, 2.45) is 0 Å². The highest BCUT2D eigenvalue weighted by molar-refractivity contribution is 7.11. The van der Waals surface area contributed by atoms with E-state index in [1.54, 1.807) is 0 Å². The van der Waals surface area contributed by atoms with E-state index >= 15 is 0 Å². The van der Waals surface area contributed by atoms with Crippen LogP contribution in [0.4, 0.5) is 0 Å². The Kier molecular flexibility index (Phi) is 5.62. The number of hydrogen-bond donors (Lipinski definition) is 1. The summed E-state index contributed by atoms with van der Waals surface area (Å²) in [7, 11) is 0. The summed E-state index contributed by atoms with van der Waals surface area (Å²) in [4.78, 5) is 2.70. The second-order valence-electron chi connectivity index (χ2n) is 4.83. The summed E-state index contributed by atoms with van der Waals surface area (Å²) >= 11 is 1.84. The van der Waals surface area contributed by atoms with Crippen LogP contribution in [0.3, 0.4) is 0 Å². The minimum atomic E-state index is 0.311. The summed E-state index contributed by atoms with van der Waals surface area (Å²) in [6.07, 6.45) is 1.10. The van der Waals surface area contributed by atoms with Crippen LogP contribution in [-0.2, 0) is 13.0 Å². The second kappa shape index (κ2) is 7.46. The van der Waals surface area contributed by atoms with Crippen molar-refractivity contribution >= 4 is 11.3 Å². The molecule has 2 rings (SSSR count). The van der Waals surface area contributed by atoms with Gasteiger partial charge in [-0.1, -0.05) is 32.0 Å². The lowest BCUT2D eigenvalue weighted by Crippen LogP contribution is -2.18. The van der Waals surface area contributed by atoms with Crippen LogP contribution in [0, 0.1) is 0 Å². The van der Waals surface area contributed by atoms with E-state index in [0.717, 1.165) is 18.7 Å². The molecule has 0 aliphatic rings. The van der Waals surface area contributed by atoms with Gasteiger partial charge in [0.15, 0.2) is 0 Å². The molecule has 0 saturated carbocycles. The molecule has 2 aromatic rings. The molecular weight excluding hydrogens is 266 g/mol. The van der Waals surface area contributed by atoms with Gasteiger partial charge < -0.3 is 10.1 Å². The first-order valence-corrected chi connectivity index (χ1v) is 8.09. The monoisotopic (exact) mass is 289 g/mol. The van der Waals surface area contributed by atoms with Gasteiger partial charge in [-0.15, -0.1) is 11.3 Å². The van der Waals surface area contributed by atoms with Crippen LogP contribution in [0.2, 0.25) is 0 Å². The SMILES string of the molecule is CCNC(C)c1ccccc1OCc1ccc(CC)s1. The van der Waals surface area contributed by atoms with Crippen molar-refractivity contribution in [2.75, 3.05) is 6.54 Å². The third-order valence-electron chi connectivity index (χ3n) is 3.33. The van der Waals surface area contributed by atoms with E-state index in [2.05, 4.69) is 56.4 Å². The maximum Gasteiger partial charge on any atom is 0.124 e. The minimum absolute atomic E-state index is 0.311. The van der Waals surface area contributed by atoms with Crippen molar-refractivity contribution in [2.45, 2.75) is 39.8 Å². The Balaban J connectivity index is 2.05. The topological polar surface area (TPSA) is 21.3 Å². The lowest BCUT2D eigenvalue weighted by atomic mass is 10.1. The summed E-state index contributed by atoms with van der Waals surface area (Å²) in [6.45, 7) is 8.09. The Labute approximate surface area is 125 Å². The highest BCUT2D eigenvalue weighted by Gasteiger charge is 2.10. The number of thiophene rings is 1. The molecule has 20 heavy (non-hydrogen) atoms. The Morgan fingerprint density at radius 1 is 1.10 bits per heavy atom. The molecule has 0 aliphatic carbocycles. The number of para-hydroxylation sites is 1. The van der Waals surface area contributed by atoms with E-state index in [1.165, 1.54) is 15.3 Å². The van der Waals surface area contributed by atoms with Gasteiger partial charge >= 0.3 is 0 Å². The van der Waals surface area contributed by atoms with Crippen LogP contribution in [0.15, 0.2) is 36.4 Å². The van der Waals surface area contributed by atoms with Crippen LogP contribution < -0.4 is 10.1 Å². The average Bonchev–Trinajstić information content (AvgIpc) is 2.93. The van der Waals surface area contributed by atoms with Gasteiger partial charge in [0, 0.05) is 21.4 Å². The standard InChI is InChI=1S/C17H23NOS/c1-4-14-10-11-15(20-14)12-19-17-9-7-6-8-16(17)13(3)18-5-2/h6-11,13,18H,4-5,12H2,1-3H3. The largest absolute Gasteiger partial charge is 0.488 e. The zero-order valence-corrected chi connectivity index (χ0v) is 13.3. The van der Waals surface area contributed by atoms with Crippen molar-refractivity contribution in [1.82, 2.24) is 5.32 Å². The van der Waals surface area contributed by atoms with E-state index in [-0.39, 0.29) is 0 Å². The number of ether oxygens (including phenoxy) is 1. The fraction of sp³-hybridized carbons (Fsp3) is 0.412. The maximum atomic E-state index is 6.02. The molecule has 0 spiro atoms. The third-order valence-corrected chi connectivity index (χ3v) is 4.53. The van der Waals surface area contributed by atoms with Crippen molar-refractivity contribution in [1.29, 1.82) is 0 Å². The molecule has 0 aliphatic heterocycles. The van der Waals surface area contributed by atoms with Crippen molar-refractivity contribution in [3.05, 3.63) is 51.7 Å². The molecule has 0 bridgehead atoms. The lowest BCUT2D eigenvalue weighted by molar-refractivity contribution is 0.303. The highest BCUT2D eigenvalue weighted by Crippen LogP contribution is 2.26. The Bertz CT molecular complexity index is 535. The molecule has 0 amide bonds. The lowest BCUT2D eigenvalue weighted by Gasteiger charge is -2.17. The zero-order valence-electron chi connectivity index (χ0n) is 12.5. The molecule has 1 atom stereocenters. The molecule has 3 heteroatoms. The average molecular weight is 289 g/mol. The molecule has 108 valence electrons. The van der Waals surface area contributed by atoms with Gasteiger partial charge in [-0.25, -0.2) is 0 Å². The van der Waals surface area contributed by atoms with Gasteiger partial charge in [0.1, 0.15) is 12.4 Å². The first kappa shape index (κ1) is 15.1. The van der Waals surface area contributed by atoms with Crippen LogP contribution >= 0.6 is 11.3 Å². The Morgan fingerprint density at radius 3 is 2.55 bits per heavy atom. The predicted molar refractivity (Wildman–Crippen MR) is 86.6 cm³/mol. The number of nitrogens with one attached hydrogen (secondary N) is 1. The summed E-state index contributed by atoms with van der Waals surface area (Å²) in [6, 6.07) is 13.0. The van der Waals surface area contributed by atoms with Crippen LogP contribution in [0.5, 0.6) is 5.75 Å². The van der Waals surface area contributed by atoms with Gasteiger partial charge in [-0.05, 0) is 38.1 Å². The number of benzene rings is 1. The molecule has 1 unspecified atom stereocenters. The Morgan fingerprint density at radius 2 is 1.85 bits per heavy atom. The highest BCUT2D eigenvalue weighted by atomic mass is 32.1. The van der Waals surface area contributed by atoms with E-state index in [1.807, 2.05) is 17.4 Å². The van der Waals surface area contributed by atoms with Gasteiger partial charge in [0.2, 0.25) is 0 Å². The van der Waals surface area contributed by atoms with E-state index in [4.69, 9.17) is 4.74 Å². The summed E-state index contributed by atoms with van der Waals surface area (Å²) in [5.41, 5.74) is 1.22. The molecule has 0 radical (unpaired) electrons. The van der Waals surface area contributed by atoms with Crippen LogP contribution in [0.1, 0.15) is 42.1 Å². The normalized spacial score (nSPS) is 12.3. The second-order valence-corrected chi connectivity index (χ2v) is 6.08. The fourth-order valence-electron chi connectivity index (χ4n) is 2.22. The summed E-state index contributed by atoms with van der Waals surface area (Å²) in [5.74, 6) is 0.979. The molecule has 0 saturated heterocycles. The minimum Gasteiger partial charge on any atom is -0.488 e. The fourth-order valence-corrected chi connectivity index (χ4v) is 3.10. The van der Waals surface area contributed by atoms with E-state index in [9.17, 15) is 0 Å². The van der Waals surface area contributed by atoms with Crippen LogP contribution in [-0.4, -0.2) is 6.54 Å². The van der Waals surface area contributed by atoms with Crippen molar-refractivity contribution < 1.29 is 4.74 Å². The first-order chi connectivity index (χ1) is 9.74. The number of hydrogen-bond acceptors (Lipinski definition) is 3. The molecular formula is C17H23NOS. The maximum absolute atomic E-state index is 6.02. The van der Waals surface area contributed by atoms with E-state index < -0.39 is 0 Å². The summed E-state index contributed by atoms with van der Waals surface area (Å²) in [5, 5.41) is 3.44. The molecule has 1 N–H and O–H groups in total. The Hall–Kier alpha value is -1.32. The van der Waals surface area contributed by atoms with Gasteiger partial charge in [0.25, 0.3) is 0 Å². The van der Waals surface area contributed by atoms with E-state index in [0.29, 0.717) is 12.6 Å². The van der Waals surface area contributed by atoms with Gasteiger partial charge in [-0.3, -0.25) is 0 Å². The number of rotatable bonds is 7. The van der Waals surface area contributed by atoms with Crippen LogP contribution in [0.25, 0.3) is 0 Å². The quantitative estimate of drug-likeness (QED) is 0.806. The molecule has 0 fully saturated rings. The van der Waals surface area contributed by atoms with Crippen molar-refractivity contribution in [3.8, 4) is 5.75 Å². The smallest absolute Gasteiger partial charge is 0.124 e. The molecule has 1 heterocycles. The zero-order chi connectivity index (χ0) is 14.4.